The monoisotopic (exact) mass is 382 g/mol. The lowest BCUT2D eigenvalue weighted by Crippen LogP contribution is -2.36. The van der Waals surface area contributed by atoms with Crippen molar-refractivity contribution in [1.29, 1.82) is 0 Å². The van der Waals surface area contributed by atoms with Gasteiger partial charge in [-0.1, -0.05) is 18.2 Å². The summed E-state index contributed by atoms with van der Waals surface area (Å²) in [5.41, 5.74) is 3.87. The summed E-state index contributed by atoms with van der Waals surface area (Å²) in [4.78, 5) is 4.95. The van der Waals surface area contributed by atoms with Crippen LogP contribution in [0.2, 0.25) is 0 Å². The molecular weight excluding hydrogens is 352 g/mol. The Morgan fingerprint density at radius 3 is 2.50 bits per heavy atom. The molecule has 2 aliphatic rings. The molecule has 0 aromatic heterocycles. The minimum Gasteiger partial charge on any atom is -0.508 e. The van der Waals surface area contributed by atoms with Crippen LogP contribution in [0.4, 0.5) is 0 Å². The van der Waals surface area contributed by atoms with E-state index in [1.54, 1.807) is 12.1 Å². The van der Waals surface area contributed by atoms with E-state index in [0.717, 1.165) is 64.7 Å². The molecule has 28 heavy (non-hydrogen) atoms. The van der Waals surface area contributed by atoms with Crippen LogP contribution >= 0.6 is 0 Å². The number of phenolic OH excluding ortho intramolecular Hbond substituents is 1. The number of benzene rings is 2. The van der Waals surface area contributed by atoms with Crippen molar-refractivity contribution in [1.82, 2.24) is 9.80 Å². The van der Waals surface area contributed by atoms with Crippen molar-refractivity contribution in [2.75, 3.05) is 39.5 Å². The zero-order chi connectivity index (χ0) is 19.3. The highest BCUT2D eigenvalue weighted by Gasteiger charge is 2.21. The van der Waals surface area contributed by atoms with Gasteiger partial charge in [0.25, 0.3) is 0 Å². The van der Waals surface area contributed by atoms with Crippen LogP contribution in [-0.4, -0.2) is 60.4 Å². The fourth-order valence-corrected chi connectivity index (χ4v) is 4.06. The third-order valence-electron chi connectivity index (χ3n) is 5.74. The third-order valence-corrected chi connectivity index (χ3v) is 5.74. The first kappa shape index (κ1) is 19.2. The molecule has 1 fully saturated rings. The average molecular weight is 383 g/mol. The van der Waals surface area contributed by atoms with Crippen molar-refractivity contribution in [2.24, 2.45) is 0 Å². The van der Waals surface area contributed by atoms with Crippen molar-refractivity contribution < 1.29 is 14.6 Å². The lowest BCUT2D eigenvalue weighted by atomic mass is 10.0. The van der Waals surface area contributed by atoms with Gasteiger partial charge in [-0.05, 0) is 48.7 Å². The topological polar surface area (TPSA) is 45.2 Å². The van der Waals surface area contributed by atoms with Gasteiger partial charge in [-0.2, -0.15) is 0 Å². The number of hydrogen-bond acceptors (Lipinski definition) is 5. The minimum absolute atomic E-state index is 0.321. The number of hydrogen-bond donors (Lipinski definition) is 1. The lowest BCUT2D eigenvalue weighted by molar-refractivity contribution is 0.0342. The van der Waals surface area contributed by atoms with Crippen LogP contribution in [-0.2, 0) is 24.2 Å². The summed E-state index contributed by atoms with van der Waals surface area (Å²) in [6.07, 6.45) is 0.961. The Morgan fingerprint density at radius 1 is 0.964 bits per heavy atom. The number of nitrogens with zero attached hydrogens (tertiary/aromatic N) is 2. The Kier molecular flexibility index (Phi) is 6.15. The Morgan fingerprint density at radius 2 is 1.71 bits per heavy atom. The molecule has 2 aromatic rings. The zero-order valence-corrected chi connectivity index (χ0v) is 16.6. The Hall–Kier alpha value is -2.08. The molecule has 5 heteroatoms. The van der Waals surface area contributed by atoms with E-state index in [0.29, 0.717) is 11.8 Å². The normalized spacial score (nSPS) is 19.5. The van der Waals surface area contributed by atoms with Crippen LogP contribution in [0.3, 0.4) is 0 Å². The molecule has 5 nitrogen and oxygen atoms in total. The van der Waals surface area contributed by atoms with E-state index in [9.17, 15) is 5.11 Å². The Bertz CT molecular complexity index is 772. The molecule has 1 atom stereocenters. The molecule has 0 bridgehead atoms. The van der Waals surface area contributed by atoms with E-state index < -0.39 is 0 Å². The number of fused-ring (bicyclic) bond motifs is 1. The van der Waals surface area contributed by atoms with Gasteiger partial charge in [0.2, 0.25) is 0 Å². The van der Waals surface area contributed by atoms with E-state index >= 15 is 0 Å². The summed E-state index contributed by atoms with van der Waals surface area (Å²) in [5.74, 6) is 1.34. The molecule has 1 N–H and O–H groups in total. The van der Waals surface area contributed by atoms with Gasteiger partial charge >= 0.3 is 0 Å². The molecule has 0 spiro atoms. The van der Waals surface area contributed by atoms with E-state index in [1.807, 2.05) is 12.1 Å². The second-order valence-corrected chi connectivity index (χ2v) is 7.87. The predicted molar refractivity (Wildman–Crippen MR) is 110 cm³/mol. The summed E-state index contributed by atoms with van der Waals surface area (Å²) < 4.78 is 11.5. The summed E-state index contributed by atoms with van der Waals surface area (Å²) >= 11 is 0. The quantitative estimate of drug-likeness (QED) is 0.861. The number of rotatable bonds is 5. The lowest BCUT2D eigenvalue weighted by Gasteiger charge is -2.28. The number of ether oxygens (including phenoxy) is 2. The second kappa shape index (κ2) is 8.95. The summed E-state index contributed by atoms with van der Waals surface area (Å²) in [7, 11) is 0. The zero-order valence-electron chi connectivity index (χ0n) is 16.6. The van der Waals surface area contributed by atoms with Gasteiger partial charge in [-0.25, -0.2) is 0 Å². The SMILES string of the molecule is CC(Cc1ccc(O)cc1)N1CCOc2ccc(CN3CCOCC3)cc2C1. The van der Waals surface area contributed by atoms with Crippen LogP contribution in [0.1, 0.15) is 23.6 Å². The molecule has 0 aliphatic carbocycles. The molecule has 150 valence electrons. The van der Waals surface area contributed by atoms with Crippen molar-refractivity contribution in [3.63, 3.8) is 0 Å². The van der Waals surface area contributed by atoms with Gasteiger partial charge in [-0.15, -0.1) is 0 Å². The average Bonchev–Trinajstić information content (AvgIpc) is 2.93. The maximum absolute atomic E-state index is 9.49. The fraction of sp³-hybridized carbons (Fsp3) is 0.478. The van der Waals surface area contributed by atoms with E-state index in [-0.39, 0.29) is 0 Å². The smallest absolute Gasteiger partial charge is 0.123 e. The van der Waals surface area contributed by atoms with Crippen LogP contribution < -0.4 is 4.74 Å². The molecular formula is C23H30N2O3. The molecule has 2 aliphatic heterocycles. The molecule has 0 radical (unpaired) electrons. The van der Waals surface area contributed by atoms with Crippen LogP contribution in [0, 0.1) is 0 Å². The fourth-order valence-electron chi connectivity index (χ4n) is 4.06. The summed E-state index contributed by atoms with van der Waals surface area (Å²) in [6, 6.07) is 14.6. The van der Waals surface area contributed by atoms with E-state index in [4.69, 9.17) is 9.47 Å². The first-order valence-electron chi connectivity index (χ1n) is 10.2. The standard InChI is InChI=1S/C23H30N2O3/c1-18(14-19-2-5-22(26)6-3-19)25-10-13-28-23-7-4-20(15-21(23)17-25)16-24-8-11-27-12-9-24/h2-7,15,18,26H,8-14,16-17H2,1H3. The highest BCUT2D eigenvalue weighted by Crippen LogP contribution is 2.27. The van der Waals surface area contributed by atoms with Crippen LogP contribution in [0.15, 0.2) is 42.5 Å². The van der Waals surface area contributed by atoms with Crippen molar-refractivity contribution >= 4 is 0 Å². The number of aromatic hydroxyl groups is 1. The highest BCUT2D eigenvalue weighted by molar-refractivity contribution is 5.38. The molecule has 2 heterocycles. The van der Waals surface area contributed by atoms with Gasteiger partial charge < -0.3 is 14.6 Å². The number of phenols is 1. The first-order chi connectivity index (χ1) is 13.7. The third kappa shape index (κ3) is 4.85. The molecule has 0 saturated carbocycles. The molecule has 1 saturated heterocycles. The molecule has 0 amide bonds. The van der Waals surface area contributed by atoms with Crippen molar-refractivity contribution in [2.45, 2.75) is 32.5 Å². The van der Waals surface area contributed by atoms with Crippen molar-refractivity contribution in [3.05, 3.63) is 59.2 Å². The largest absolute Gasteiger partial charge is 0.508 e. The maximum Gasteiger partial charge on any atom is 0.123 e. The molecule has 2 aromatic carbocycles. The van der Waals surface area contributed by atoms with E-state index in [1.165, 1.54) is 16.7 Å². The second-order valence-electron chi connectivity index (χ2n) is 7.87. The number of morpholine rings is 1. The predicted octanol–water partition coefficient (Wildman–Crippen LogP) is 3.05. The first-order valence-corrected chi connectivity index (χ1v) is 10.2. The molecule has 1 unspecified atom stereocenters. The van der Waals surface area contributed by atoms with Crippen LogP contribution in [0.25, 0.3) is 0 Å². The molecule has 4 rings (SSSR count). The Labute approximate surface area is 167 Å². The van der Waals surface area contributed by atoms with Gasteiger partial charge in [0.05, 0.1) is 13.2 Å². The van der Waals surface area contributed by atoms with Crippen molar-refractivity contribution in [3.8, 4) is 11.5 Å². The summed E-state index contributed by atoms with van der Waals surface area (Å²) in [5, 5.41) is 9.49. The minimum atomic E-state index is 0.321. The highest BCUT2D eigenvalue weighted by atomic mass is 16.5. The Balaban J connectivity index is 1.43. The van der Waals surface area contributed by atoms with Crippen LogP contribution in [0.5, 0.6) is 11.5 Å². The maximum atomic E-state index is 9.49. The van der Waals surface area contributed by atoms with E-state index in [2.05, 4.69) is 34.9 Å². The van der Waals surface area contributed by atoms with Gasteiger partial charge in [0.15, 0.2) is 0 Å². The van der Waals surface area contributed by atoms with Gasteiger partial charge in [0, 0.05) is 44.3 Å². The summed E-state index contributed by atoms with van der Waals surface area (Å²) in [6.45, 7) is 9.46. The van der Waals surface area contributed by atoms with Gasteiger partial charge in [0.1, 0.15) is 18.1 Å². The van der Waals surface area contributed by atoms with Gasteiger partial charge in [-0.3, -0.25) is 9.80 Å².